The minimum absolute atomic E-state index is 0.342. The van der Waals surface area contributed by atoms with Gasteiger partial charge in [-0.1, -0.05) is 0 Å². The SMILES string of the molecule is C[C@H](C(=O)O)N1C[C@H]2COC[C@@H]2C1. The Morgan fingerprint density at radius 3 is 2.46 bits per heavy atom. The quantitative estimate of drug-likeness (QED) is 0.659. The Labute approximate surface area is 77.5 Å². The van der Waals surface area contributed by atoms with E-state index in [4.69, 9.17) is 9.84 Å². The van der Waals surface area contributed by atoms with Crippen LogP contribution in [0.1, 0.15) is 6.92 Å². The van der Waals surface area contributed by atoms with Crippen molar-refractivity contribution in [3.63, 3.8) is 0 Å². The fourth-order valence-electron chi connectivity index (χ4n) is 2.20. The highest BCUT2D eigenvalue weighted by Gasteiger charge is 2.39. The van der Waals surface area contributed by atoms with Crippen molar-refractivity contribution in [3.8, 4) is 0 Å². The van der Waals surface area contributed by atoms with Crippen LogP contribution in [0, 0.1) is 11.8 Å². The van der Waals surface area contributed by atoms with Crippen LogP contribution in [0.4, 0.5) is 0 Å². The van der Waals surface area contributed by atoms with Crippen molar-refractivity contribution in [1.82, 2.24) is 4.90 Å². The molecule has 2 aliphatic rings. The largest absolute Gasteiger partial charge is 0.480 e. The maximum atomic E-state index is 10.7. The van der Waals surface area contributed by atoms with Crippen molar-refractivity contribution in [2.75, 3.05) is 26.3 Å². The van der Waals surface area contributed by atoms with Gasteiger partial charge >= 0.3 is 5.97 Å². The highest BCUT2D eigenvalue weighted by atomic mass is 16.5. The normalized spacial score (nSPS) is 36.1. The highest BCUT2D eigenvalue weighted by molar-refractivity contribution is 5.72. The van der Waals surface area contributed by atoms with Gasteiger partial charge in [-0.2, -0.15) is 0 Å². The molecule has 0 spiro atoms. The second-order valence-corrected chi connectivity index (χ2v) is 4.03. The molecule has 2 saturated heterocycles. The Bertz CT molecular complexity index is 207. The monoisotopic (exact) mass is 185 g/mol. The average Bonchev–Trinajstić information content (AvgIpc) is 2.59. The van der Waals surface area contributed by atoms with Crippen molar-refractivity contribution in [3.05, 3.63) is 0 Å². The first-order chi connectivity index (χ1) is 6.18. The Morgan fingerprint density at radius 1 is 1.46 bits per heavy atom. The summed E-state index contributed by atoms with van der Waals surface area (Å²) in [4.78, 5) is 12.8. The van der Waals surface area contributed by atoms with E-state index in [0.29, 0.717) is 11.8 Å². The minimum Gasteiger partial charge on any atom is -0.480 e. The number of likely N-dealkylation sites (tertiary alicyclic amines) is 1. The number of hydrogen-bond donors (Lipinski definition) is 1. The summed E-state index contributed by atoms with van der Waals surface area (Å²) in [6.45, 7) is 5.15. The van der Waals surface area contributed by atoms with Crippen molar-refractivity contribution in [1.29, 1.82) is 0 Å². The summed E-state index contributed by atoms with van der Waals surface area (Å²) in [5, 5.41) is 8.83. The van der Waals surface area contributed by atoms with Gasteiger partial charge in [-0.3, -0.25) is 9.69 Å². The zero-order chi connectivity index (χ0) is 9.42. The minimum atomic E-state index is -0.721. The number of aliphatic carboxylic acids is 1. The van der Waals surface area contributed by atoms with Gasteiger partial charge in [0.25, 0.3) is 0 Å². The first-order valence-corrected chi connectivity index (χ1v) is 4.73. The zero-order valence-corrected chi connectivity index (χ0v) is 7.77. The summed E-state index contributed by atoms with van der Waals surface area (Å²) in [5.74, 6) is 0.421. The van der Waals surface area contributed by atoms with Crippen LogP contribution in [-0.2, 0) is 9.53 Å². The molecule has 0 radical (unpaired) electrons. The van der Waals surface area contributed by atoms with Gasteiger partial charge in [0, 0.05) is 24.9 Å². The van der Waals surface area contributed by atoms with Crippen LogP contribution in [0.5, 0.6) is 0 Å². The summed E-state index contributed by atoms with van der Waals surface area (Å²) >= 11 is 0. The summed E-state index contributed by atoms with van der Waals surface area (Å²) in [5.41, 5.74) is 0. The number of carbonyl (C=O) groups is 1. The number of hydrogen-bond acceptors (Lipinski definition) is 3. The first-order valence-electron chi connectivity index (χ1n) is 4.73. The van der Waals surface area contributed by atoms with Crippen molar-refractivity contribution in [2.45, 2.75) is 13.0 Å². The van der Waals surface area contributed by atoms with Crippen LogP contribution in [0.3, 0.4) is 0 Å². The van der Waals surface area contributed by atoms with E-state index in [1.807, 2.05) is 4.90 Å². The lowest BCUT2D eigenvalue weighted by atomic mass is 10.0. The molecule has 0 saturated carbocycles. The standard InChI is InChI=1S/C9H15NO3/c1-6(9(11)12)10-2-7-4-13-5-8(7)3-10/h6-8H,2-5H2,1H3,(H,11,12)/t6-,7+,8+/m1/s1. The maximum Gasteiger partial charge on any atom is 0.320 e. The van der Waals surface area contributed by atoms with Crippen molar-refractivity contribution >= 4 is 5.97 Å². The lowest BCUT2D eigenvalue weighted by Crippen LogP contribution is -2.38. The molecule has 13 heavy (non-hydrogen) atoms. The molecular formula is C9H15NO3. The molecular weight excluding hydrogens is 170 g/mol. The van der Waals surface area contributed by atoms with Gasteiger partial charge < -0.3 is 9.84 Å². The maximum absolute atomic E-state index is 10.7. The summed E-state index contributed by atoms with van der Waals surface area (Å²) < 4.78 is 5.33. The van der Waals surface area contributed by atoms with Gasteiger partial charge in [0.1, 0.15) is 6.04 Å². The van der Waals surface area contributed by atoms with E-state index in [1.165, 1.54) is 0 Å². The zero-order valence-electron chi connectivity index (χ0n) is 7.77. The third-order valence-electron chi connectivity index (χ3n) is 3.17. The van der Waals surface area contributed by atoms with Crippen LogP contribution in [0.2, 0.25) is 0 Å². The molecule has 0 aromatic carbocycles. The van der Waals surface area contributed by atoms with E-state index in [1.54, 1.807) is 6.92 Å². The predicted molar refractivity (Wildman–Crippen MR) is 46.5 cm³/mol. The third-order valence-corrected chi connectivity index (χ3v) is 3.17. The smallest absolute Gasteiger partial charge is 0.320 e. The molecule has 4 heteroatoms. The van der Waals surface area contributed by atoms with Gasteiger partial charge in [-0.15, -0.1) is 0 Å². The number of carboxylic acids is 1. The van der Waals surface area contributed by atoms with Crippen LogP contribution in [0.15, 0.2) is 0 Å². The number of rotatable bonds is 2. The third kappa shape index (κ3) is 1.56. The van der Waals surface area contributed by atoms with Gasteiger partial charge in [-0.25, -0.2) is 0 Å². The van der Waals surface area contributed by atoms with Gasteiger partial charge in [0.2, 0.25) is 0 Å². The summed E-state index contributed by atoms with van der Waals surface area (Å²) in [7, 11) is 0. The molecule has 0 bridgehead atoms. The van der Waals surface area contributed by atoms with Crippen LogP contribution < -0.4 is 0 Å². The predicted octanol–water partition coefficient (Wildman–Crippen LogP) is 0.0377. The fraction of sp³-hybridized carbons (Fsp3) is 0.889. The molecule has 3 atom stereocenters. The van der Waals surface area contributed by atoms with Gasteiger partial charge in [0.05, 0.1) is 13.2 Å². The van der Waals surface area contributed by atoms with Gasteiger partial charge in [-0.05, 0) is 6.92 Å². The van der Waals surface area contributed by atoms with Crippen LogP contribution >= 0.6 is 0 Å². The van der Waals surface area contributed by atoms with E-state index in [9.17, 15) is 4.79 Å². The molecule has 2 aliphatic heterocycles. The van der Waals surface area contributed by atoms with E-state index >= 15 is 0 Å². The molecule has 0 aromatic rings. The van der Waals surface area contributed by atoms with E-state index in [2.05, 4.69) is 0 Å². The topological polar surface area (TPSA) is 49.8 Å². The van der Waals surface area contributed by atoms with Gasteiger partial charge in [0.15, 0.2) is 0 Å². The molecule has 0 amide bonds. The number of fused-ring (bicyclic) bond motifs is 1. The second kappa shape index (κ2) is 3.27. The molecule has 2 rings (SSSR count). The second-order valence-electron chi connectivity index (χ2n) is 4.03. The molecule has 2 fully saturated rings. The lowest BCUT2D eigenvalue weighted by molar-refractivity contribution is -0.142. The van der Waals surface area contributed by atoms with Crippen molar-refractivity contribution in [2.24, 2.45) is 11.8 Å². The molecule has 74 valence electrons. The van der Waals surface area contributed by atoms with E-state index in [-0.39, 0.29) is 6.04 Å². The van der Waals surface area contributed by atoms with Crippen molar-refractivity contribution < 1.29 is 14.6 Å². The molecule has 0 aromatic heterocycles. The highest BCUT2D eigenvalue weighted by Crippen LogP contribution is 2.30. The Balaban J connectivity index is 1.95. The lowest BCUT2D eigenvalue weighted by Gasteiger charge is -2.20. The fourth-order valence-corrected chi connectivity index (χ4v) is 2.20. The molecule has 2 heterocycles. The number of ether oxygens (including phenoxy) is 1. The summed E-state index contributed by atoms with van der Waals surface area (Å²) in [6, 6.07) is -0.342. The Morgan fingerprint density at radius 2 is 2.00 bits per heavy atom. The van der Waals surface area contributed by atoms with Crippen LogP contribution in [0.25, 0.3) is 0 Å². The van der Waals surface area contributed by atoms with E-state index in [0.717, 1.165) is 26.3 Å². The van der Waals surface area contributed by atoms with Crippen LogP contribution in [-0.4, -0.2) is 48.3 Å². The molecule has 1 N–H and O–H groups in total. The Kier molecular flexibility index (Phi) is 2.26. The first kappa shape index (κ1) is 8.97. The van der Waals surface area contributed by atoms with E-state index < -0.39 is 5.97 Å². The number of carboxylic acid groups (broad SMARTS) is 1. The number of nitrogens with zero attached hydrogens (tertiary/aromatic N) is 1. The average molecular weight is 185 g/mol. The molecule has 0 unspecified atom stereocenters. The summed E-state index contributed by atoms with van der Waals surface area (Å²) in [6.07, 6.45) is 0. The molecule has 4 nitrogen and oxygen atoms in total. The Hall–Kier alpha value is -0.610. The molecule has 0 aliphatic carbocycles.